The van der Waals surface area contributed by atoms with Crippen LogP contribution in [-0.2, 0) is 4.79 Å². The van der Waals surface area contributed by atoms with Crippen LogP contribution in [0, 0.1) is 0 Å². The van der Waals surface area contributed by atoms with Crippen LogP contribution in [0.3, 0.4) is 0 Å². The van der Waals surface area contributed by atoms with Gasteiger partial charge in [0, 0.05) is 24.4 Å². The van der Waals surface area contributed by atoms with Gasteiger partial charge in [0.2, 0.25) is 11.7 Å². The van der Waals surface area contributed by atoms with E-state index in [0.717, 1.165) is 12.8 Å². The summed E-state index contributed by atoms with van der Waals surface area (Å²) in [5.74, 6) is 1.20. The van der Waals surface area contributed by atoms with Crippen molar-refractivity contribution in [1.29, 1.82) is 0 Å². The monoisotopic (exact) mass is 422 g/mol. The molecule has 29 heavy (non-hydrogen) atoms. The standard InChI is InChI=1S/C19H23ClN4O5/c1-27-14-8-11(9-15(28-2)16(14)29-3)22-19-21-10-12(20)17(23-19)24-7-5-4-6-13(24)18(25)26/h8-10,13H,4-7H2,1-3H3,(H,25,26)(H,21,22,23)/t13-/m0/s1. The van der Waals surface area contributed by atoms with Gasteiger partial charge in [0.15, 0.2) is 17.3 Å². The number of piperidine rings is 1. The first-order valence-electron chi connectivity index (χ1n) is 9.07. The number of methoxy groups -OCH3 is 3. The zero-order chi connectivity index (χ0) is 21.0. The average molecular weight is 423 g/mol. The summed E-state index contributed by atoms with van der Waals surface area (Å²) >= 11 is 6.29. The predicted octanol–water partition coefficient (Wildman–Crippen LogP) is 3.34. The van der Waals surface area contributed by atoms with Crippen LogP contribution in [0.15, 0.2) is 18.3 Å². The number of aliphatic carboxylic acids is 1. The lowest BCUT2D eigenvalue weighted by Gasteiger charge is -2.34. The zero-order valence-corrected chi connectivity index (χ0v) is 17.2. The molecule has 0 aliphatic carbocycles. The van der Waals surface area contributed by atoms with E-state index >= 15 is 0 Å². The van der Waals surface area contributed by atoms with Gasteiger partial charge in [-0.1, -0.05) is 11.6 Å². The topological polar surface area (TPSA) is 106 Å². The van der Waals surface area contributed by atoms with Gasteiger partial charge in [0.1, 0.15) is 11.1 Å². The van der Waals surface area contributed by atoms with Crippen LogP contribution >= 0.6 is 11.6 Å². The maximum Gasteiger partial charge on any atom is 0.326 e. The van der Waals surface area contributed by atoms with Crippen LogP contribution in [0.1, 0.15) is 19.3 Å². The van der Waals surface area contributed by atoms with E-state index in [9.17, 15) is 9.90 Å². The molecule has 2 N–H and O–H groups in total. The van der Waals surface area contributed by atoms with E-state index in [1.165, 1.54) is 27.5 Å². The smallest absolute Gasteiger partial charge is 0.326 e. The molecule has 0 unspecified atom stereocenters. The summed E-state index contributed by atoms with van der Waals surface area (Å²) in [6.45, 7) is 0.567. The molecule has 1 aromatic carbocycles. The van der Waals surface area contributed by atoms with Crippen molar-refractivity contribution in [3.8, 4) is 17.2 Å². The number of hydrogen-bond acceptors (Lipinski definition) is 8. The first kappa shape index (κ1) is 20.8. The minimum absolute atomic E-state index is 0.272. The van der Waals surface area contributed by atoms with E-state index in [2.05, 4.69) is 15.3 Å². The van der Waals surface area contributed by atoms with Crippen LogP contribution in [0.5, 0.6) is 17.2 Å². The Morgan fingerprint density at radius 1 is 1.21 bits per heavy atom. The molecular formula is C19H23ClN4O5. The van der Waals surface area contributed by atoms with Crippen LogP contribution in [0.2, 0.25) is 5.02 Å². The highest BCUT2D eigenvalue weighted by molar-refractivity contribution is 6.32. The number of carboxylic acids is 1. The Hall–Kier alpha value is -2.94. The van der Waals surface area contributed by atoms with Crippen molar-refractivity contribution in [2.45, 2.75) is 25.3 Å². The highest BCUT2D eigenvalue weighted by atomic mass is 35.5. The number of nitrogens with one attached hydrogen (secondary N) is 1. The van der Waals surface area contributed by atoms with Gasteiger partial charge in [-0.05, 0) is 19.3 Å². The van der Waals surface area contributed by atoms with Gasteiger partial charge in [0.05, 0.1) is 27.5 Å². The largest absolute Gasteiger partial charge is 0.493 e. The summed E-state index contributed by atoms with van der Waals surface area (Å²) < 4.78 is 16.0. The van der Waals surface area contributed by atoms with Gasteiger partial charge in [-0.25, -0.2) is 9.78 Å². The van der Waals surface area contributed by atoms with E-state index in [1.54, 1.807) is 17.0 Å². The lowest BCUT2D eigenvalue weighted by atomic mass is 10.0. The van der Waals surface area contributed by atoms with E-state index in [-0.39, 0.29) is 5.95 Å². The van der Waals surface area contributed by atoms with E-state index in [1.807, 2.05) is 0 Å². The molecule has 9 nitrogen and oxygen atoms in total. The highest BCUT2D eigenvalue weighted by Gasteiger charge is 2.31. The van der Waals surface area contributed by atoms with Gasteiger partial charge in [-0.2, -0.15) is 4.98 Å². The van der Waals surface area contributed by atoms with E-state index in [0.29, 0.717) is 46.7 Å². The van der Waals surface area contributed by atoms with Gasteiger partial charge < -0.3 is 29.5 Å². The van der Waals surface area contributed by atoms with Crippen molar-refractivity contribution in [1.82, 2.24) is 9.97 Å². The summed E-state index contributed by atoms with van der Waals surface area (Å²) in [7, 11) is 4.58. The lowest BCUT2D eigenvalue weighted by Crippen LogP contribution is -2.45. The zero-order valence-electron chi connectivity index (χ0n) is 16.4. The molecule has 156 valence electrons. The molecule has 2 heterocycles. The quantitative estimate of drug-likeness (QED) is 0.694. The second-order valence-electron chi connectivity index (χ2n) is 6.45. The number of nitrogens with zero attached hydrogens (tertiary/aromatic N) is 3. The first-order chi connectivity index (χ1) is 14.0. The minimum atomic E-state index is -0.890. The Morgan fingerprint density at radius 3 is 2.48 bits per heavy atom. The van der Waals surface area contributed by atoms with Crippen molar-refractivity contribution >= 4 is 35.0 Å². The second-order valence-corrected chi connectivity index (χ2v) is 6.85. The summed E-state index contributed by atoms with van der Waals surface area (Å²) in [5, 5.41) is 12.9. The Morgan fingerprint density at radius 2 is 1.90 bits per heavy atom. The normalized spacial score (nSPS) is 16.3. The molecule has 1 aromatic heterocycles. The summed E-state index contributed by atoms with van der Waals surface area (Å²) in [6, 6.07) is 2.78. The van der Waals surface area contributed by atoms with Crippen LogP contribution < -0.4 is 24.4 Å². The molecule has 0 amide bonds. The molecule has 0 saturated carbocycles. The fraction of sp³-hybridized carbons (Fsp3) is 0.421. The SMILES string of the molecule is COc1cc(Nc2ncc(Cl)c(N3CCCC[C@H]3C(=O)O)n2)cc(OC)c1OC. The Kier molecular flexibility index (Phi) is 6.48. The number of halogens is 1. The third kappa shape index (κ3) is 4.40. The van der Waals surface area contributed by atoms with Crippen LogP contribution in [0.25, 0.3) is 0 Å². The molecule has 1 saturated heterocycles. The van der Waals surface area contributed by atoms with Crippen molar-refractivity contribution in [2.75, 3.05) is 38.1 Å². The van der Waals surface area contributed by atoms with E-state index in [4.69, 9.17) is 25.8 Å². The van der Waals surface area contributed by atoms with E-state index < -0.39 is 12.0 Å². The fourth-order valence-corrected chi connectivity index (χ4v) is 3.54. The number of ether oxygens (including phenoxy) is 3. The maximum atomic E-state index is 11.6. The third-order valence-electron chi connectivity index (χ3n) is 4.71. The van der Waals surface area contributed by atoms with Gasteiger partial charge in [-0.3, -0.25) is 0 Å². The van der Waals surface area contributed by atoms with Crippen molar-refractivity contribution in [2.24, 2.45) is 0 Å². The first-order valence-corrected chi connectivity index (χ1v) is 9.45. The molecule has 0 spiro atoms. The summed E-state index contributed by atoms with van der Waals surface area (Å²) in [6.07, 6.45) is 3.73. The number of aromatic nitrogens is 2. The Balaban J connectivity index is 1.93. The maximum absolute atomic E-state index is 11.6. The molecule has 1 fully saturated rings. The molecule has 0 bridgehead atoms. The molecule has 3 rings (SSSR count). The number of carbonyl (C=O) groups is 1. The van der Waals surface area contributed by atoms with Crippen LogP contribution in [-0.4, -0.2) is 55.0 Å². The fourth-order valence-electron chi connectivity index (χ4n) is 3.34. The van der Waals surface area contributed by atoms with Gasteiger partial charge in [0.25, 0.3) is 0 Å². The average Bonchev–Trinajstić information content (AvgIpc) is 2.74. The highest BCUT2D eigenvalue weighted by Crippen LogP contribution is 2.40. The van der Waals surface area contributed by atoms with Crippen LogP contribution in [0.4, 0.5) is 17.5 Å². The predicted molar refractivity (Wildman–Crippen MR) is 109 cm³/mol. The Labute approximate surface area is 173 Å². The minimum Gasteiger partial charge on any atom is -0.493 e. The third-order valence-corrected chi connectivity index (χ3v) is 4.97. The molecule has 10 heteroatoms. The summed E-state index contributed by atoms with van der Waals surface area (Å²) in [4.78, 5) is 22.0. The number of hydrogen-bond donors (Lipinski definition) is 2. The van der Waals surface area contributed by atoms with Crippen molar-refractivity contribution < 1.29 is 24.1 Å². The van der Waals surface area contributed by atoms with Gasteiger partial charge in [-0.15, -0.1) is 0 Å². The summed E-state index contributed by atoms with van der Waals surface area (Å²) in [5.41, 5.74) is 0.612. The number of rotatable bonds is 7. The molecule has 1 aliphatic heterocycles. The van der Waals surface area contributed by atoms with Gasteiger partial charge >= 0.3 is 5.97 Å². The second kappa shape index (κ2) is 9.04. The Bertz CT molecular complexity index is 870. The molecule has 2 aromatic rings. The molecular weight excluding hydrogens is 400 g/mol. The number of benzene rings is 1. The molecule has 1 aliphatic rings. The number of carboxylic acid groups (broad SMARTS) is 1. The van der Waals surface area contributed by atoms with Crippen molar-refractivity contribution in [3.05, 3.63) is 23.4 Å². The molecule has 0 radical (unpaired) electrons. The molecule has 1 atom stereocenters. The number of anilines is 3. The lowest BCUT2D eigenvalue weighted by molar-refractivity contribution is -0.139. The van der Waals surface area contributed by atoms with Crippen molar-refractivity contribution in [3.63, 3.8) is 0 Å².